The van der Waals surface area contributed by atoms with Gasteiger partial charge in [0.1, 0.15) is 11.6 Å². The maximum atomic E-state index is 13.2. The summed E-state index contributed by atoms with van der Waals surface area (Å²) >= 11 is 0. The Hall–Kier alpha value is -1.09. The van der Waals surface area contributed by atoms with Crippen LogP contribution in [0.4, 0.5) is 4.39 Å². The normalized spacial score (nSPS) is 18.6. The van der Waals surface area contributed by atoms with Crippen LogP contribution in [0.5, 0.6) is 5.75 Å². The number of nitrogens with two attached hydrogens (primary N) is 1. The van der Waals surface area contributed by atoms with Crippen molar-refractivity contribution in [1.82, 2.24) is 0 Å². The van der Waals surface area contributed by atoms with E-state index >= 15 is 0 Å². The Bertz CT molecular complexity index is 323. The van der Waals surface area contributed by atoms with Gasteiger partial charge in [-0.1, -0.05) is 0 Å². The number of benzene rings is 1. The third-order valence-corrected chi connectivity index (χ3v) is 2.47. The van der Waals surface area contributed by atoms with E-state index < -0.39 is 0 Å². The van der Waals surface area contributed by atoms with Crippen LogP contribution in [0.15, 0.2) is 18.2 Å². The second-order valence-electron chi connectivity index (χ2n) is 3.57. The Morgan fingerprint density at radius 1 is 1.46 bits per heavy atom. The quantitative estimate of drug-likeness (QED) is 0.732. The van der Waals surface area contributed by atoms with Gasteiger partial charge in [-0.05, 0) is 37.0 Å². The first kappa shape index (κ1) is 8.51. The van der Waals surface area contributed by atoms with Gasteiger partial charge in [0.05, 0.1) is 0 Å². The van der Waals surface area contributed by atoms with Crippen LogP contribution in [-0.2, 0) is 0 Å². The van der Waals surface area contributed by atoms with Crippen molar-refractivity contribution < 1.29 is 9.50 Å². The summed E-state index contributed by atoms with van der Waals surface area (Å²) in [6.07, 6.45) is 2.13. The summed E-state index contributed by atoms with van der Waals surface area (Å²) in [5, 5.41) is 9.17. The number of hydrogen-bond donors (Lipinski definition) is 2. The molecule has 2 nitrogen and oxygen atoms in total. The first-order chi connectivity index (χ1) is 6.18. The lowest BCUT2D eigenvalue weighted by Gasteiger charge is -2.11. The monoisotopic (exact) mass is 181 g/mol. The van der Waals surface area contributed by atoms with Crippen LogP contribution in [-0.4, -0.2) is 5.11 Å². The first-order valence-electron chi connectivity index (χ1n) is 4.42. The van der Waals surface area contributed by atoms with Crippen molar-refractivity contribution in [2.24, 2.45) is 11.7 Å². The molecule has 1 fully saturated rings. The molecule has 0 saturated heterocycles. The highest BCUT2D eigenvalue weighted by Gasteiger charge is 2.31. The lowest BCUT2D eigenvalue weighted by atomic mass is 10.0. The summed E-state index contributed by atoms with van der Waals surface area (Å²) in [6, 6.07) is 3.75. The molecule has 1 aliphatic carbocycles. The van der Waals surface area contributed by atoms with Crippen molar-refractivity contribution in [3.05, 3.63) is 29.6 Å². The number of aromatic hydroxyl groups is 1. The fourth-order valence-electron chi connectivity index (χ4n) is 1.50. The fraction of sp³-hybridized carbons (Fsp3) is 0.400. The molecule has 1 aliphatic rings. The van der Waals surface area contributed by atoms with E-state index in [9.17, 15) is 4.39 Å². The summed E-state index contributed by atoms with van der Waals surface area (Å²) < 4.78 is 13.2. The van der Waals surface area contributed by atoms with Crippen molar-refractivity contribution in [2.45, 2.75) is 18.9 Å². The third kappa shape index (κ3) is 1.65. The van der Waals surface area contributed by atoms with E-state index in [0.717, 1.165) is 12.8 Å². The van der Waals surface area contributed by atoms with Gasteiger partial charge in [-0.15, -0.1) is 0 Å². The third-order valence-electron chi connectivity index (χ3n) is 2.47. The van der Waals surface area contributed by atoms with Gasteiger partial charge in [0, 0.05) is 11.6 Å². The molecule has 13 heavy (non-hydrogen) atoms. The fourth-order valence-corrected chi connectivity index (χ4v) is 1.50. The van der Waals surface area contributed by atoms with Crippen molar-refractivity contribution >= 4 is 0 Å². The van der Waals surface area contributed by atoms with Gasteiger partial charge in [-0.2, -0.15) is 0 Å². The smallest absolute Gasteiger partial charge is 0.128 e. The molecule has 1 aromatic carbocycles. The summed E-state index contributed by atoms with van der Waals surface area (Å²) in [5.74, 6) is 0.154. The molecule has 0 spiro atoms. The Balaban J connectivity index is 2.31. The predicted octanol–water partition coefficient (Wildman–Crippen LogP) is 1.94. The summed E-state index contributed by atoms with van der Waals surface area (Å²) in [6.45, 7) is 0. The van der Waals surface area contributed by atoms with E-state index in [1.807, 2.05) is 0 Å². The summed E-state index contributed by atoms with van der Waals surface area (Å²) in [7, 11) is 0. The van der Waals surface area contributed by atoms with E-state index in [-0.39, 0.29) is 17.6 Å². The predicted molar refractivity (Wildman–Crippen MR) is 47.7 cm³/mol. The lowest BCUT2D eigenvalue weighted by molar-refractivity contribution is 0.467. The number of halogens is 1. The van der Waals surface area contributed by atoms with Gasteiger partial charge < -0.3 is 10.8 Å². The van der Waals surface area contributed by atoms with Crippen LogP contribution in [0.25, 0.3) is 0 Å². The zero-order valence-corrected chi connectivity index (χ0v) is 7.20. The molecular formula is C10H12FNO. The van der Waals surface area contributed by atoms with Crippen molar-refractivity contribution in [2.75, 3.05) is 0 Å². The second kappa shape index (κ2) is 3.00. The molecule has 3 N–H and O–H groups in total. The standard InChI is InChI=1S/C10H12FNO/c11-9-4-3-7(13)5-8(9)10(12)6-1-2-6/h3-6,10,13H,1-2,12H2. The maximum Gasteiger partial charge on any atom is 0.128 e. The van der Waals surface area contributed by atoms with Gasteiger partial charge in [-0.25, -0.2) is 4.39 Å². The average molecular weight is 181 g/mol. The Morgan fingerprint density at radius 3 is 2.77 bits per heavy atom. The highest BCUT2D eigenvalue weighted by atomic mass is 19.1. The molecule has 0 amide bonds. The van der Waals surface area contributed by atoms with Crippen LogP contribution >= 0.6 is 0 Å². The van der Waals surface area contributed by atoms with Crippen LogP contribution in [0.3, 0.4) is 0 Å². The maximum absolute atomic E-state index is 13.2. The minimum Gasteiger partial charge on any atom is -0.508 e. The number of rotatable bonds is 2. The van der Waals surface area contributed by atoms with Gasteiger partial charge in [0.2, 0.25) is 0 Å². The highest BCUT2D eigenvalue weighted by molar-refractivity contribution is 5.31. The first-order valence-corrected chi connectivity index (χ1v) is 4.42. The van der Waals surface area contributed by atoms with Gasteiger partial charge in [0.15, 0.2) is 0 Å². The number of phenolic OH excluding ortho intramolecular Hbond substituents is 1. The second-order valence-corrected chi connectivity index (χ2v) is 3.57. The molecule has 1 saturated carbocycles. The van der Waals surface area contributed by atoms with E-state index in [1.165, 1.54) is 18.2 Å². The van der Waals surface area contributed by atoms with Crippen molar-refractivity contribution in [3.8, 4) is 5.75 Å². The van der Waals surface area contributed by atoms with E-state index in [2.05, 4.69) is 0 Å². The number of hydrogen-bond acceptors (Lipinski definition) is 2. The molecule has 1 unspecified atom stereocenters. The van der Waals surface area contributed by atoms with Crippen molar-refractivity contribution in [3.63, 3.8) is 0 Å². The Kier molecular flexibility index (Phi) is 1.96. The molecule has 0 aliphatic heterocycles. The molecule has 0 aromatic heterocycles. The number of phenols is 1. The zero-order valence-electron chi connectivity index (χ0n) is 7.20. The van der Waals surface area contributed by atoms with Crippen LogP contribution in [0, 0.1) is 11.7 Å². The molecule has 0 bridgehead atoms. The van der Waals surface area contributed by atoms with Gasteiger partial charge in [0.25, 0.3) is 0 Å². The minimum absolute atomic E-state index is 0.0764. The van der Waals surface area contributed by atoms with Crippen LogP contribution in [0.1, 0.15) is 24.4 Å². The topological polar surface area (TPSA) is 46.2 Å². The SMILES string of the molecule is NC(c1cc(O)ccc1F)C1CC1. The molecule has 0 heterocycles. The molecule has 0 radical (unpaired) electrons. The van der Waals surface area contributed by atoms with Crippen LogP contribution in [0.2, 0.25) is 0 Å². The minimum atomic E-state index is -0.322. The van der Waals surface area contributed by atoms with E-state index in [4.69, 9.17) is 10.8 Å². The largest absolute Gasteiger partial charge is 0.508 e. The van der Waals surface area contributed by atoms with Gasteiger partial charge >= 0.3 is 0 Å². The molecular weight excluding hydrogens is 169 g/mol. The van der Waals surface area contributed by atoms with E-state index in [0.29, 0.717) is 11.5 Å². The Morgan fingerprint density at radius 2 is 2.15 bits per heavy atom. The lowest BCUT2D eigenvalue weighted by Crippen LogP contribution is -2.13. The molecule has 70 valence electrons. The summed E-state index contributed by atoms with van der Waals surface area (Å²) in [4.78, 5) is 0. The Labute approximate surface area is 76.2 Å². The molecule has 1 aromatic rings. The average Bonchev–Trinajstić information content (AvgIpc) is 2.91. The van der Waals surface area contributed by atoms with E-state index in [1.54, 1.807) is 0 Å². The van der Waals surface area contributed by atoms with Gasteiger partial charge in [-0.3, -0.25) is 0 Å². The highest BCUT2D eigenvalue weighted by Crippen LogP contribution is 2.40. The zero-order chi connectivity index (χ0) is 9.42. The molecule has 1 atom stereocenters. The van der Waals surface area contributed by atoms with Crippen molar-refractivity contribution in [1.29, 1.82) is 0 Å². The van der Waals surface area contributed by atoms with Crippen LogP contribution < -0.4 is 5.73 Å². The molecule has 3 heteroatoms. The summed E-state index contributed by atoms with van der Waals surface area (Å²) in [5.41, 5.74) is 6.25. The molecule has 2 rings (SSSR count).